The van der Waals surface area contributed by atoms with Crippen molar-refractivity contribution in [1.29, 1.82) is 5.41 Å². The number of hydrogen-bond donors (Lipinski definition) is 2. The van der Waals surface area contributed by atoms with Crippen LogP contribution in [-0.2, 0) is 10.0 Å². The summed E-state index contributed by atoms with van der Waals surface area (Å²) < 4.78 is 41.6. The van der Waals surface area contributed by atoms with Gasteiger partial charge in [0.15, 0.2) is 4.21 Å². The highest BCUT2D eigenvalue weighted by Gasteiger charge is 2.36. The van der Waals surface area contributed by atoms with Gasteiger partial charge >= 0.3 is 0 Å². The maximum atomic E-state index is 13.3. The molecular formula is C25H30FN5O2S2. The molecule has 1 aliphatic rings. The number of benzene rings is 2. The van der Waals surface area contributed by atoms with E-state index in [9.17, 15) is 12.8 Å². The van der Waals surface area contributed by atoms with E-state index in [1.165, 1.54) is 30.1 Å². The lowest BCUT2D eigenvalue weighted by Gasteiger charge is -2.42. The highest BCUT2D eigenvalue weighted by atomic mass is 32.2. The maximum absolute atomic E-state index is 13.3. The number of hydrogen-bond acceptors (Lipinski definition) is 7. The van der Waals surface area contributed by atoms with E-state index in [0.717, 1.165) is 40.4 Å². The summed E-state index contributed by atoms with van der Waals surface area (Å²) in [6.07, 6.45) is 2.69. The second kappa shape index (κ2) is 10.5. The van der Waals surface area contributed by atoms with Gasteiger partial charge in [-0.25, -0.2) is 12.8 Å². The summed E-state index contributed by atoms with van der Waals surface area (Å²) in [6, 6.07) is 9.88. The van der Waals surface area contributed by atoms with Crippen molar-refractivity contribution < 1.29 is 12.8 Å². The first-order valence-corrected chi connectivity index (χ1v) is 13.8. The lowest BCUT2D eigenvalue weighted by Crippen LogP contribution is -2.51. The summed E-state index contributed by atoms with van der Waals surface area (Å²) in [5, 5.41) is 11.3. The molecule has 0 bridgehead atoms. The van der Waals surface area contributed by atoms with Crippen molar-refractivity contribution in [2.45, 2.75) is 31.0 Å². The van der Waals surface area contributed by atoms with E-state index in [1.54, 1.807) is 16.4 Å². The molecule has 186 valence electrons. The number of nitrogens with one attached hydrogen (secondary N) is 2. The number of piperazine rings is 1. The molecule has 1 aromatic heterocycles. The summed E-state index contributed by atoms with van der Waals surface area (Å²) in [7, 11) is -3.62. The minimum absolute atomic E-state index is 0.146. The molecule has 35 heavy (non-hydrogen) atoms. The SMILES string of the molecule is Cc1cc(Nc2ccc(F)cc2)c(C=N)cc1[C@@H]1CN(S(=O)(=O)c2cncs2)CCN1CC(C)C. The van der Waals surface area contributed by atoms with E-state index in [2.05, 4.69) is 29.0 Å². The molecular weight excluding hydrogens is 485 g/mol. The molecule has 0 aliphatic carbocycles. The third-order valence-electron chi connectivity index (χ3n) is 6.13. The molecule has 2 N–H and O–H groups in total. The van der Waals surface area contributed by atoms with E-state index in [-0.39, 0.29) is 16.1 Å². The van der Waals surface area contributed by atoms with Gasteiger partial charge in [0.1, 0.15) is 5.82 Å². The van der Waals surface area contributed by atoms with Crippen LogP contribution in [0.4, 0.5) is 15.8 Å². The maximum Gasteiger partial charge on any atom is 0.254 e. The quantitative estimate of drug-likeness (QED) is 0.411. The Kier molecular flexibility index (Phi) is 7.65. The van der Waals surface area contributed by atoms with Crippen LogP contribution in [-0.4, -0.2) is 55.0 Å². The van der Waals surface area contributed by atoms with E-state index in [1.807, 2.05) is 19.1 Å². The van der Waals surface area contributed by atoms with Gasteiger partial charge in [-0.05, 0) is 60.4 Å². The van der Waals surface area contributed by atoms with Crippen LogP contribution in [0.1, 0.15) is 36.6 Å². The lowest BCUT2D eigenvalue weighted by atomic mass is 9.94. The predicted octanol–water partition coefficient (Wildman–Crippen LogP) is 5.04. The summed E-state index contributed by atoms with van der Waals surface area (Å²) in [5.41, 5.74) is 5.68. The zero-order valence-corrected chi connectivity index (χ0v) is 21.7. The number of sulfonamides is 1. The Labute approximate surface area is 210 Å². The molecule has 0 saturated carbocycles. The van der Waals surface area contributed by atoms with Crippen LogP contribution in [0.3, 0.4) is 0 Å². The van der Waals surface area contributed by atoms with Crippen LogP contribution >= 0.6 is 11.3 Å². The van der Waals surface area contributed by atoms with E-state index < -0.39 is 10.0 Å². The number of thiazole rings is 1. The Balaban J connectivity index is 1.69. The molecule has 0 amide bonds. The number of aromatic nitrogens is 1. The zero-order valence-electron chi connectivity index (χ0n) is 20.0. The largest absolute Gasteiger partial charge is 0.355 e. The van der Waals surface area contributed by atoms with Crippen molar-refractivity contribution >= 4 is 38.9 Å². The smallest absolute Gasteiger partial charge is 0.254 e. The van der Waals surface area contributed by atoms with Gasteiger partial charge in [0, 0.05) is 55.4 Å². The second-order valence-corrected chi connectivity index (χ2v) is 12.2. The van der Waals surface area contributed by atoms with Gasteiger partial charge < -0.3 is 10.7 Å². The Bertz CT molecular complexity index is 1280. The zero-order chi connectivity index (χ0) is 25.2. The van der Waals surface area contributed by atoms with Gasteiger partial charge in [-0.3, -0.25) is 9.88 Å². The molecule has 4 rings (SSSR count). The van der Waals surface area contributed by atoms with Crippen LogP contribution in [0.5, 0.6) is 0 Å². The molecule has 2 aromatic carbocycles. The van der Waals surface area contributed by atoms with Crippen LogP contribution in [0.2, 0.25) is 0 Å². The molecule has 0 spiro atoms. The molecule has 1 aliphatic heterocycles. The van der Waals surface area contributed by atoms with Gasteiger partial charge in [0.2, 0.25) is 0 Å². The molecule has 0 radical (unpaired) electrons. The second-order valence-electron chi connectivity index (χ2n) is 9.16. The normalized spacial score (nSPS) is 17.6. The van der Waals surface area contributed by atoms with Crippen molar-refractivity contribution in [3.63, 3.8) is 0 Å². The molecule has 1 fully saturated rings. The number of rotatable bonds is 8. The van der Waals surface area contributed by atoms with E-state index >= 15 is 0 Å². The fraction of sp³-hybridized carbons (Fsp3) is 0.360. The molecule has 0 unspecified atom stereocenters. The van der Waals surface area contributed by atoms with Gasteiger partial charge in [0.05, 0.1) is 11.7 Å². The van der Waals surface area contributed by atoms with E-state index in [4.69, 9.17) is 5.41 Å². The predicted molar refractivity (Wildman–Crippen MR) is 139 cm³/mol. The summed E-state index contributed by atoms with van der Waals surface area (Å²) >= 11 is 1.13. The first-order valence-electron chi connectivity index (χ1n) is 11.5. The molecule has 10 heteroatoms. The van der Waals surface area contributed by atoms with E-state index in [0.29, 0.717) is 31.1 Å². The average molecular weight is 516 g/mol. The third kappa shape index (κ3) is 5.61. The highest BCUT2D eigenvalue weighted by molar-refractivity contribution is 7.91. The Morgan fingerprint density at radius 1 is 1.26 bits per heavy atom. The molecule has 1 saturated heterocycles. The van der Waals surface area contributed by atoms with Crippen molar-refractivity contribution in [2.24, 2.45) is 5.92 Å². The van der Waals surface area contributed by atoms with Crippen LogP contribution < -0.4 is 5.32 Å². The monoisotopic (exact) mass is 515 g/mol. The number of halogens is 1. The van der Waals surface area contributed by atoms with Crippen LogP contribution in [0.25, 0.3) is 0 Å². The third-order valence-corrected chi connectivity index (χ3v) is 9.24. The van der Waals surface area contributed by atoms with Crippen molar-refractivity contribution in [1.82, 2.24) is 14.2 Å². The number of nitrogens with zero attached hydrogens (tertiary/aromatic N) is 3. The Morgan fingerprint density at radius 2 is 2.00 bits per heavy atom. The minimum atomic E-state index is -3.62. The van der Waals surface area contributed by atoms with Crippen molar-refractivity contribution in [3.8, 4) is 0 Å². The number of aryl methyl sites for hydroxylation is 1. The Morgan fingerprint density at radius 3 is 2.63 bits per heavy atom. The highest BCUT2D eigenvalue weighted by Crippen LogP contribution is 2.34. The fourth-order valence-corrected chi connectivity index (χ4v) is 6.86. The summed E-state index contributed by atoms with van der Waals surface area (Å²) in [4.78, 5) is 6.29. The van der Waals surface area contributed by atoms with Gasteiger partial charge in [-0.15, -0.1) is 11.3 Å². The molecule has 1 atom stereocenters. The fourth-order valence-electron chi connectivity index (χ4n) is 4.47. The molecule has 2 heterocycles. The van der Waals surface area contributed by atoms with Crippen molar-refractivity contribution in [3.05, 3.63) is 70.6 Å². The Hall–Kier alpha value is -2.66. The lowest BCUT2D eigenvalue weighted by molar-refractivity contribution is 0.105. The van der Waals surface area contributed by atoms with Crippen LogP contribution in [0, 0.1) is 24.1 Å². The standard InChI is InChI=1S/C25H30FN5O2S2/c1-17(2)14-30-8-9-31(35(32,33)25-13-28-16-34-25)15-24(30)22-11-19(12-27)23(10-18(22)3)29-21-6-4-20(26)5-7-21/h4-7,10-13,16-17,24,27,29H,8-9,14-15H2,1-3H3/t24-/m0/s1. The minimum Gasteiger partial charge on any atom is -0.355 e. The van der Waals surface area contributed by atoms with Gasteiger partial charge in [-0.1, -0.05) is 13.8 Å². The van der Waals surface area contributed by atoms with Crippen LogP contribution in [0.15, 0.2) is 52.3 Å². The summed E-state index contributed by atoms with van der Waals surface area (Å²) in [5.74, 6) is 0.110. The topological polar surface area (TPSA) is 89.4 Å². The summed E-state index contributed by atoms with van der Waals surface area (Å²) in [6.45, 7) is 8.53. The van der Waals surface area contributed by atoms with Crippen molar-refractivity contribution in [2.75, 3.05) is 31.5 Å². The average Bonchev–Trinajstić information content (AvgIpc) is 3.37. The molecule has 3 aromatic rings. The first kappa shape index (κ1) is 25.4. The van der Waals surface area contributed by atoms with Gasteiger partial charge in [-0.2, -0.15) is 4.31 Å². The first-order chi connectivity index (χ1) is 16.7. The number of anilines is 2. The molecule has 7 nitrogen and oxygen atoms in total. The van der Waals surface area contributed by atoms with Gasteiger partial charge in [0.25, 0.3) is 10.0 Å².